The van der Waals surface area contributed by atoms with E-state index < -0.39 is 11.8 Å². The van der Waals surface area contributed by atoms with Crippen LogP contribution in [0.25, 0.3) is 0 Å². The molecule has 0 aromatic heterocycles. The first kappa shape index (κ1) is 16.8. The Balaban J connectivity index is 1.37. The first-order valence-electron chi connectivity index (χ1n) is 8.21. The Bertz CT molecular complexity index is 746. The largest absolute Gasteiger partial charge is 0.454 e. The maximum Gasteiger partial charge on any atom is 0.309 e. The van der Waals surface area contributed by atoms with Gasteiger partial charge in [0.15, 0.2) is 11.5 Å². The summed E-state index contributed by atoms with van der Waals surface area (Å²) in [7, 11) is 0. The molecule has 1 aliphatic rings. The van der Waals surface area contributed by atoms with Crippen LogP contribution in [0.5, 0.6) is 11.5 Å². The number of fused-ring (bicyclic) bond motifs is 1. The van der Waals surface area contributed by atoms with Crippen LogP contribution < -0.4 is 20.1 Å². The maximum absolute atomic E-state index is 11.8. The van der Waals surface area contributed by atoms with E-state index in [4.69, 9.17) is 9.47 Å². The second-order valence-electron chi connectivity index (χ2n) is 5.72. The molecule has 130 valence electrons. The third-order valence-corrected chi connectivity index (χ3v) is 3.87. The van der Waals surface area contributed by atoms with E-state index in [9.17, 15) is 9.59 Å². The molecule has 6 nitrogen and oxygen atoms in total. The van der Waals surface area contributed by atoms with Crippen molar-refractivity contribution in [2.24, 2.45) is 0 Å². The SMILES string of the molecule is O=C(NCCCc1ccccc1)C(=O)NCc1ccc2c(c1)OCO2. The van der Waals surface area contributed by atoms with E-state index in [0.717, 1.165) is 18.4 Å². The van der Waals surface area contributed by atoms with Crippen LogP contribution >= 0.6 is 0 Å². The molecular weight excluding hydrogens is 320 g/mol. The monoisotopic (exact) mass is 340 g/mol. The molecule has 2 aromatic rings. The molecule has 0 spiro atoms. The van der Waals surface area contributed by atoms with Crippen LogP contribution in [0.4, 0.5) is 0 Å². The number of nitrogens with one attached hydrogen (secondary N) is 2. The Morgan fingerprint density at radius 1 is 0.880 bits per heavy atom. The van der Waals surface area contributed by atoms with Crippen molar-refractivity contribution in [3.63, 3.8) is 0 Å². The van der Waals surface area contributed by atoms with Gasteiger partial charge in [0.1, 0.15) is 0 Å². The van der Waals surface area contributed by atoms with E-state index >= 15 is 0 Å². The standard InChI is InChI=1S/C19H20N2O4/c22-18(20-10-4-7-14-5-2-1-3-6-14)19(23)21-12-15-8-9-16-17(11-15)25-13-24-16/h1-3,5-6,8-9,11H,4,7,10,12-13H2,(H,20,22)(H,21,23). The summed E-state index contributed by atoms with van der Waals surface area (Å²) in [5.74, 6) is 0.0783. The summed E-state index contributed by atoms with van der Waals surface area (Å²) >= 11 is 0. The number of rotatable bonds is 6. The predicted molar refractivity (Wildman–Crippen MR) is 92.2 cm³/mol. The maximum atomic E-state index is 11.8. The lowest BCUT2D eigenvalue weighted by molar-refractivity contribution is -0.139. The third-order valence-electron chi connectivity index (χ3n) is 3.87. The van der Waals surface area contributed by atoms with Crippen LogP contribution in [-0.4, -0.2) is 25.2 Å². The van der Waals surface area contributed by atoms with Gasteiger partial charge in [0.2, 0.25) is 6.79 Å². The zero-order chi connectivity index (χ0) is 17.5. The van der Waals surface area contributed by atoms with Crippen LogP contribution in [-0.2, 0) is 22.6 Å². The van der Waals surface area contributed by atoms with Gasteiger partial charge >= 0.3 is 11.8 Å². The zero-order valence-electron chi connectivity index (χ0n) is 13.8. The summed E-state index contributed by atoms with van der Waals surface area (Å²) < 4.78 is 10.5. The topological polar surface area (TPSA) is 76.7 Å². The molecule has 0 saturated carbocycles. The second-order valence-corrected chi connectivity index (χ2v) is 5.72. The van der Waals surface area contributed by atoms with Crippen LogP contribution in [0.2, 0.25) is 0 Å². The lowest BCUT2D eigenvalue weighted by Crippen LogP contribution is -2.40. The van der Waals surface area contributed by atoms with E-state index in [1.54, 1.807) is 12.1 Å². The van der Waals surface area contributed by atoms with E-state index in [-0.39, 0.29) is 13.3 Å². The fourth-order valence-corrected chi connectivity index (χ4v) is 2.53. The van der Waals surface area contributed by atoms with Crippen molar-refractivity contribution >= 4 is 11.8 Å². The molecule has 1 aliphatic heterocycles. The normalized spacial score (nSPS) is 11.8. The van der Waals surface area contributed by atoms with Crippen molar-refractivity contribution in [1.82, 2.24) is 10.6 Å². The van der Waals surface area contributed by atoms with Gasteiger partial charge in [-0.2, -0.15) is 0 Å². The molecule has 0 saturated heterocycles. The molecule has 6 heteroatoms. The minimum absolute atomic E-state index is 0.205. The minimum atomic E-state index is -0.641. The van der Waals surface area contributed by atoms with Crippen molar-refractivity contribution in [3.8, 4) is 11.5 Å². The quantitative estimate of drug-likeness (QED) is 0.621. The molecule has 0 radical (unpaired) electrons. The second kappa shape index (κ2) is 8.19. The Hall–Kier alpha value is -3.02. The number of ether oxygens (including phenoxy) is 2. The Morgan fingerprint density at radius 3 is 2.48 bits per heavy atom. The Kier molecular flexibility index (Phi) is 5.51. The van der Waals surface area contributed by atoms with Crippen molar-refractivity contribution in [3.05, 3.63) is 59.7 Å². The summed E-state index contributed by atoms with van der Waals surface area (Å²) in [5, 5.41) is 5.24. The summed E-state index contributed by atoms with van der Waals surface area (Å²) in [4.78, 5) is 23.6. The van der Waals surface area contributed by atoms with E-state index in [1.165, 1.54) is 5.56 Å². The molecular formula is C19H20N2O4. The van der Waals surface area contributed by atoms with Crippen molar-refractivity contribution < 1.29 is 19.1 Å². The average molecular weight is 340 g/mol. The summed E-state index contributed by atoms with van der Waals surface area (Å²) in [5.41, 5.74) is 2.05. The molecule has 2 N–H and O–H groups in total. The fourth-order valence-electron chi connectivity index (χ4n) is 2.53. The van der Waals surface area contributed by atoms with Gasteiger partial charge in [0.25, 0.3) is 0 Å². The molecule has 1 heterocycles. The van der Waals surface area contributed by atoms with Gasteiger partial charge in [-0.1, -0.05) is 36.4 Å². The average Bonchev–Trinajstić information content (AvgIpc) is 3.11. The number of hydrogen-bond donors (Lipinski definition) is 2. The number of carbonyl (C=O) groups is 2. The van der Waals surface area contributed by atoms with Gasteiger partial charge in [-0.05, 0) is 36.1 Å². The smallest absolute Gasteiger partial charge is 0.309 e. The lowest BCUT2D eigenvalue weighted by atomic mass is 10.1. The van der Waals surface area contributed by atoms with Gasteiger partial charge in [0, 0.05) is 13.1 Å². The van der Waals surface area contributed by atoms with Gasteiger partial charge < -0.3 is 20.1 Å². The molecule has 0 unspecified atom stereocenters. The lowest BCUT2D eigenvalue weighted by Gasteiger charge is -2.07. The summed E-state index contributed by atoms with van der Waals surface area (Å²) in [6, 6.07) is 15.4. The highest BCUT2D eigenvalue weighted by atomic mass is 16.7. The molecule has 0 bridgehead atoms. The molecule has 25 heavy (non-hydrogen) atoms. The highest BCUT2D eigenvalue weighted by Gasteiger charge is 2.15. The van der Waals surface area contributed by atoms with E-state index in [1.807, 2.05) is 36.4 Å². The zero-order valence-corrected chi connectivity index (χ0v) is 13.8. The third kappa shape index (κ3) is 4.73. The van der Waals surface area contributed by atoms with E-state index in [2.05, 4.69) is 10.6 Å². The molecule has 3 rings (SSSR count). The number of amides is 2. The Labute approximate surface area is 146 Å². The highest BCUT2D eigenvalue weighted by molar-refractivity contribution is 6.35. The minimum Gasteiger partial charge on any atom is -0.454 e. The number of aryl methyl sites for hydroxylation is 1. The van der Waals surface area contributed by atoms with Crippen molar-refractivity contribution in [1.29, 1.82) is 0 Å². The molecule has 0 fully saturated rings. The number of hydrogen-bond acceptors (Lipinski definition) is 4. The van der Waals surface area contributed by atoms with Crippen molar-refractivity contribution in [2.45, 2.75) is 19.4 Å². The van der Waals surface area contributed by atoms with E-state index in [0.29, 0.717) is 18.0 Å². The first-order valence-corrected chi connectivity index (χ1v) is 8.21. The number of carbonyl (C=O) groups excluding carboxylic acids is 2. The van der Waals surface area contributed by atoms with Crippen LogP contribution in [0.3, 0.4) is 0 Å². The first-order chi connectivity index (χ1) is 12.2. The molecule has 2 amide bonds. The summed E-state index contributed by atoms with van der Waals surface area (Å²) in [6.45, 7) is 0.925. The number of benzene rings is 2. The van der Waals surface area contributed by atoms with Crippen LogP contribution in [0.15, 0.2) is 48.5 Å². The van der Waals surface area contributed by atoms with Crippen molar-refractivity contribution in [2.75, 3.05) is 13.3 Å². The highest BCUT2D eigenvalue weighted by Crippen LogP contribution is 2.32. The van der Waals surface area contributed by atoms with Gasteiger partial charge in [0.05, 0.1) is 0 Å². The van der Waals surface area contributed by atoms with Crippen LogP contribution in [0, 0.1) is 0 Å². The van der Waals surface area contributed by atoms with Gasteiger partial charge in [-0.25, -0.2) is 0 Å². The summed E-state index contributed by atoms with van der Waals surface area (Å²) in [6.07, 6.45) is 1.64. The van der Waals surface area contributed by atoms with Gasteiger partial charge in [-0.3, -0.25) is 9.59 Å². The van der Waals surface area contributed by atoms with Gasteiger partial charge in [-0.15, -0.1) is 0 Å². The molecule has 0 aliphatic carbocycles. The Morgan fingerprint density at radius 2 is 1.64 bits per heavy atom. The predicted octanol–water partition coefficient (Wildman–Crippen LogP) is 1.78. The van der Waals surface area contributed by atoms with Crippen LogP contribution in [0.1, 0.15) is 17.5 Å². The molecule has 2 aromatic carbocycles. The fraction of sp³-hybridized carbons (Fsp3) is 0.263. The molecule has 0 atom stereocenters.